The molecule has 0 amide bonds. The smallest absolute Gasteiger partial charge is 0.0594 e. The third-order valence-electron chi connectivity index (χ3n) is 3.64. The van der Waals surface area contributed by atoms with Crippen molar-refractivity contribution in [3.8, 4) is 0 Å². The van der Waals surface area contributed by atoms with Gasteiger partial charge in [0, 0.05) is 25.2 Å². The first-order valence-corrected chi connectivity index (χ1v) is 7.03. The molecule has 1 aliphatic rings. The first-order chi connectivity index (χ1) is 8.00. The first kappa shape index (κ1) is 14.9. The maximum absolute atomic E-state index is 6.15. The van der Waals surface area contributed by atoms with E-state index in [1.54, 1.807) is 0 Å². The molecule has 102 valence electrons. The van der Waals surface area contributed by atoms with Gasteiger partial charge in [-0.05, 0) is 24.7 Å². The maximum Gasteiger partial charge on any atom is 0.0594 e. The van der Waals surface area contributed by atoms with Gasteiger partial charge in [0.25, 0.3) is 0 Å². The fraction of sp³-hybridized carbons (Fsp3) is 1.00. The SMILES string of the molecule is CC(C)CC(CN)(CC(C)C)N1CCOCC1. The van der Waals surface area contributed by atoms with E-state index in [0.717, 1.165) is 32.8 Å². The zero-order valence-electron chi connectivity index (χ0n) is 12.0. The van der Waals surface area contributed by atoms with E-state index in [-0.39, 0.29) is 5.54 Å². The zero-order chi connectivity index (χ0) is 12.9. The van der Waals surface area contributed by atoms with E-state index in [1.807, 2.05) is 0 Å². The number of nitrogens with zero attached hydrogens (tertiary/aromatic N) is 1. The Balaban J connectivity index is 2.79. The second-order valence-corrected chi connectivity index (χ2v) is 6.22. The lowest BCUT2D eigenvalue weighted by Gasteiger charge is -2.47. The van der Waals surface area contributed by atoms with Gasteiger partial charge in [-0.15, -0.1) is 0 Å². The number of hydrogen-bond donors (Lipinski definition) is 1. The summed E-state index contributed by atoms with van der Waals surface area (Å²) in [7, 11) is 0. The molecule has 0 saturated carbocycles. The number of hydrogen-bond acceptors (Lipinski definition) is 3. The lowest BCUT2D eigenvalue weighted by atomic mass is 9.80. The molecule has 0 aromatic heterocycles. The highest BCUT2D eigenvalue weighted by molar-refractivity contribution is 4.94. The number of morpholine rings is 1. The van der Waals surface area contributed by atoms with E-state index in [2.05, 4.69) is 32.6 Å². The van der Waals surface area contributed by atoms with Crippen molar-refractivity contribution in [3.63, 3.8) is 0 Å². The minimum absolute atomic E-state index is 0.187. The average molecular weight is 242 g/mol. The molecule has 0 bridgehead atoms. The molecular weight excluding hydrogens is 212 g/mol. The molecule has 1 saturated heterocycles. The molecule has 0 aliphatic carbocycles. The number of ether oxygens (including phenoxy) is 1. The standard InChI is InChI=1S/C14H30N2O/c1-12(2)9-14(11-15,10-13(3)4)16-5-7-17-8-6-16/h12-13H,5-11,15H2,1-4H3. The molecule has 0 spiro atoms. The third kappa shape index (κ3) is 4.23. The molecule has 3 heteroatoms. The Hall–Kier alpha value is -0.120. The largest absolute Gasteiger partial charge is 0.379 e. The van der Waals surface area contributed by atoms with Crippen LogP contribution in [0.15, 0.2) is 0 Å². The molecule has 0 aromatic carbocycles. The summed E-state index contributed by atoms with van der Waals surface area (Å²) >= 11 is 0. The molecule has 17 heavy (non-hydrogen) atoms. The highest BCUT2D eigenvalue weighted by Crippen LogP contribution is 2.31. The van der Waals surface area contributed by atoms with Crippen LogP contribution in [-0.2, 0) is 4.74 Å². The van der Waals surface area contributed by atoms with Crippen molar-refractivity contribution < 1.29 is 4.74 Å². The van der Waals surface area contributed by atoms with E-state index >= 15 is 0 Å². The van der Waals surface area contributed by atoms with Gasteiger partial charge in [0.1, 0.15) is 0 Å². The molecule has 0 unspecified atom stereocenters. The van der Waals surface area contributed by atoms with Crippen molar-refractivity contribution in [2.45, 2.75) is 46.1 Å². The molecule has 1 rings (SSSR count). The summed E-state index contributed by atoms with van der Waals surface area (Å²) in [6, 6.07) is 0. The summed E-state index contributed by atoms with van der Waals surface area (Å²) < 4.78 is 5.47. The van der Waals surface area contributed by atoms with Crippen molar-refractivity contribution >= 4 is 0 Å². The van der Waals surface area contributed by atoms with Crippen LogP contribution in [0.4, 0.5) is 0 Å². The van der Waals surface area contributed by atoms with Gasteiger partial charge in [0.15, 0.2) is 0 Å². The highest BCUT2D eigenvalue weighted by atomic mass is 16.5. The van der Waals surface area contributed by atoms with Crippen molar-refractivity contribution in [1.82, 2.24) is 4.90 Å². The lowest BCUT2D eigenvalue weighted by molar-refractivity contribution is -0.0351. The third-order valence-corrected chi connectivity index (χ3v) is 3.64. The summed E-state index contributed by atoms with van der Waals surface area (Å²) in [6.07, 6.45) is 2.39. The molecule has 2 N–H and O–H groups in total. The van der Waals surface area contributed by atoms with Gasteiger partial charge in [-0.1, -0.05) is 27.7 Å². The monoisotopic (exact) mass is 242 g/mol. The van der Waals surface area contributed by atoms with E-state index in [0.29, 0.717) is 11.8 Å². The predicted octanol–water partition coefficient (Wildman–Crippen LogP) is 2.11. The quantitative estimate of drug-likeness (QED) is 0.775. The van der Waals surface area contributed by atoms with Gasteiger partial charge in [0.05, 0.1) is 13.2 Å². The van der Waals surface area contributed by atoms with Gasteiger partial charge < -0.3 is 10.5 Å². The molecule has 0 aromatic rings. The van der Waals surface area contributed by atoms with Crippen LogP contribution in [0, 0.1) is 11.8 Å². The fourth-order valence-electron chi connectivity index (χ4n) is 3.19. The summed E-state index contributed by atoms with van der Waals surface area (Å²) in [4.78, 5) is 2.58. The molecule has 1 fully saturated rings. The molecular formula is C14H30N2O. The second-order valence-electron chi connectivity index (χ2n) is 6.22. The maximum atomic E-state index is 6.15. The van der Waals surface area contributed by atoms with Crippen LogP contribution in [-0.4, -0.2) is 43.3 Å². The van der Waals surface area contributed by atoms with Crippen molar-refractivity contribution in [2.75, 3.05) is 32.8 Å². The van der Waals surface area contributed by atoms with Gasteiger partial charge in [-0.2, -0.15) is 0 Å². The minimum Gasteiger partial charge on any atom is -0.379 e. The van der Waals surface area contributed by atoms with Crippen LogP contribution < -0.4 is 5.73 Å². The Morgan fingerprint density at radius 2 is 1.53 bits per heavy atom. The minimum atomic E-state index is 0.187. The van der Waals surface area contributed by atoms with Crippen LogP contribution in [0.25, 0.3) is 0 Å². The predicted molar refractivity (Wildman–Crippen MR) is 73.1 cm³/mol. The summed E-state index contributed by atoms with van der Waals surface area (Å²) in [6.45, 7) is 13.7. The Morgan fingerprint density at radius 3 is 1.88 bits per heavy atom. The molecule has 0 radical (unpaired) electrons. The van der Waals surface area contributed by atoms with E-state index in [9.17, 15) is 0 Å². The summed E-state index contributed by atoms with van der Waals surface area (Å²) in [5, 5.41) is 0. The zero-order valence-corrected chi connectivity index (χ0v) is 12.0. The second kappa shape index (κ2) is 6.72. The Labute approximate surface area is 107 Å². The summed E-state index contributed by atoms with van der Waals surface area (Å²) in [5.41, 5.74) is 6.34. The molecule has 1 aliphatic heterocycles. The van der Waals surface area contributed by atoms with Crippen LogP contribution in [0.1, 0.15) is 40.5 Å². The van der Waals surface area contributed by atoms with Crippen LogP contribution in [0.3, 0.4) is 0 Å². The van der Waals surface area contributed by atoms with Crippen LogP contribution in [0.2, 0.25) is 0 Å². The van der Waals surface area contributed by atoms with Crippen LogP contribution in [0.5, 0.6) is 0 Å². The van der Waals surface area contributed by atoms with Gasteiger partial charge in [-0.25, -0.2) is 0 Å². The highest BCUT2D eigenvalue weighted by Gasteiger charge is 2.37. The van der Waals surface area contributed by atoms with Crippen molar-refractivity contribution in [1.29, 1.82) is 0 Å². The number of nitrogens with two attached hydrogens (primary N) is 1. The lowest BCUT2D eigenvalue weighted by Crippen LogP contribution is -2.58. The number of rotatable bonds is 6. The molecule has 1 heterocycles. The van der Waals surface area contributed by atoms with E-state index < -0.39 is 0 Å². The van der Waals surface area contributed by atoms with Gasteiger partial charge in [-0.3, -0.25) is 4.90 Å². The van der Waals surface area contributed by atoms with E-state index in [1.165, 1.54) is 12.8 Å². The van der Waals surface area contributed by atoms with Gasteiger partial charge in [0.2, 0.25) is 0 Å². The Kier molecular flexibility index (Phi) is 5.90. The Bertz CT molecular complexity index is 200. The Morgan fingerprint density at radius 1 is 1.06 bits per heavy atom. The summed E-state index contributed by atoms with van der Waals surface area (Å²) in [5.74, 6) is 1.39. The van der Waals surface area contributed by atoms with Crippen molar-refractivity contribution in [3.05, 3.63) is 0 Å². The van der Waals surface area contributed by atoms with Crippen LogP contribution >= 0.6 is 0 Å². The fourth-order valence-corrected chi connectivity index (χ4v) is 3.19. The molecule has 0 atom stereocenters. The molecule has 3 nitrogen and oxygen atoms in total. The van der Waals surface area contributed by atoms with E-state index in [4.69, 9.17) is 10.5 Å². The first-order valence-electron chi connectivity index (χ1n) is 7.03. The topological polar surface area (TPSA) is 38.5 Å². The van der Waals surface area contributed by atoms with Gasteiger partial charge >= 0.3 is 0 Å². The average Bonchev–Trinajstić information content (AvgIpc) is 2.28. The normalized spacial score (nSPS) is 19.2. The van der Waals surface area contributed by atoms with Crippen molar-refractivity contribution in [2.24, 2.45) is 17.6 Å².